The van der Waals surface area contributed by atoms with Gasteiger partial charge in [-0.3, -0.25) is 10.1 Å². The third-order valence-electron chi connectivity index (χ3n) is 2.98. The number of nitrogens with two attached hydrogens (primary N) is 1. The zero-order chi connectivity index (χ0) is 15.9. The van der Waals surface area contributed by atoms with Gasteiger partial charge < -0.3 is 20.9 Å². The second-order valence-corrected chi connectivity index (χ2v) is 4.60. The second-order valence-electron chi connectivity index (χ2n) is 4.60. The van der Waals surface area contributed by atoms with Crippen LogP contribution in [0.5, 0.6) is 5.75 Å². The highest BCUT2D eigenvalue weighted by Gasteiger charge is 2.06. The quantitative estimate of drug-likeness (QED) is 0.406. The Morgan fingerprint density at radius 2 is 1.91 bits per heavy atom. The lowest BCUT2D eigenvalue weighted by atomic mass is 10.2. The lowest BCUT2D eigenvalue weighted by Crippen LogP contribution is -2.06. The molecule has 2 aromatic rings. The molecule has 0 unspecified atom stereocenters. The van der Waals surface area contributed by atoms with Crippen LogP contribution in [0, 0.1) is 10.1 Å². The van der Waals surface area contributed by atoms with Crippen molar-refractivity contribution < 1.29 is 14.8 Å². The topological polar surface area (TPSA) is 111 Å². The number of nitrogens with zero attached hydrogens (tertiary/aromatic N) is 1. The molecule has 23 heavy (non-hydrogen) atoms. The minimum absolute atomic E-state index is 0. The molecule has 124 valence electrons. The molecule has 0 heterocycles. The van der Waals surface area contributed by atoms with E-state index in [1.807, 2.05) is 0 Å². The van der Waals surface area contributed by atoms with Crippen LogP contribution >= 0.6 is 12.4 Å². The van der Waals surface area contributed by atoms with E-state index in [1.165, 1.54) is 12.1 Å². The molecule has 4 N–H and O–H groups in total. The van der Waals surface area contributed by atoms with E-state index in [4.69, 9.17) is 15.6 Å². The van der Waals surface area contributed by atoms with Crippen LogP contribution in [0.25, 0.3) is 0 Å². The molecule has 0 amide bonds. The maximum atomic E-state index is 10.6. The number of non-ortho nitro benzene ring substituents is 1. The molecule has 0 aliphatic carbocycles. The van der Waals surface area contributed by atoms with Gasteiger partial charge in [0.05, 0.1) is 17.2 Å². The fraction of sp³-hybridized carbons (Fsp3) is 0.200. The van der Waals surface area contributed by atoms with Crippen molar-refractivity contribution >= 4 is 29.5 Å². The molecule has 7 nitrogen and oxygen atoms in total. The van der Waals surface area contributed by atoms with E-state index in [-0.39, 0.29) is 31.3 Å². The van der Waals surface area contributed by atoms with Crippen LogP contribution < -0.4 is 15.8 Å². The highest BCUT2D eigenvalue weighted by molar-refractivity contribution is 5.85. The third kappa shape index (κ3) is 5.32. The summed E-state index contributed by atoms with van der Waals surface area (Å²) in [5, 5.41) is 22.6. The summed E-state index contributed by atoms with van der Waals surface area (Å²) in [6, 6.07) is 11.5. The van der Waals surface area contributed by atoms with Crippen molar-refractivity contribution in [1.29, 1.82) is 0 Å². The monoisotopic (exact) mass is 339 g/mol. The maximum absolute atomic E-state index is 10.6. The summed E-state index contributed by atoms with van der Waals surface area (Å²) in [4.78, 5) is 10.2. The second kappa shape index (κ2) is 8.82. The van der Waals surface area contributed by atoms with E-state index >= 15 is 0 Å². The van der Waals surface area contributed by atoms with Gasteiger partial charge in [0, 0.05) is 24.4 Å². The molecule has 0 aromatic heterocycles. The molecular formula is C15H18ClN3O4. The molecular weight excluding hydrogens is 322 g/mol. The third-order valence-corrected chi connectivity index (χ3v) is 2.98. The number of nitrogen functional groups attached to an aromatic ring is 1. The summed E-state index contributed by atoms with van der Waals surface area (Å²) >= 11 is 0. The van der Waals surface area contributed by atoms with E-state index in [0.717, 1.165) is 5.56 Å². The van der Waals surface area contributed by atoms with E-state index in [0.29, 0.717) is 23.7 Å². The van der Waals surface area contributed by atoms with Crippen molar-refractivity contribution in [2.45, 2.75) is 6.54 Å². The molecule has 0 fully saturated rings. The number of rotatable bonds is 7. The Kier molecular flexibility index (Phi) is 7.11. The Labute approximate surface area is 139 Å². The van der Waals surface area contributed by atoms with Gasteiger partial charge in [-0.25, -0.2) is 0 Å². The number of anilines is 2. The first kappa shape index (κ1) is 18.5. The molecule has 0 aliphatic heterocycles. The largest absolute Gasteiger partial charge is 0.489 e. The smallest absolute Gasteiger partial charge is 0.269 e. The summed E-state index contributed by atoms with van der Waals surface area (Å²) in [5.41, 5.74) is 7.99. The minimum Gasteiger partial charge on any atom is -0.489 e. The van der Waals surface area contributed by atoms with Gasteiger partial charge in [0.15, 0.2) is 0 Å². The van der Waals surface area contributed by atoms with Crippen molar-refractivity contribution in [3.8, 4) is 5.75 Å². The molecule has 2 rings (SSSR count). The average Bonchev–Trinajstić information content (AvgIpc) is 2.52. The number of hydrogen-bond donors (Lipinski definition) is 3. The van der Waals surface area contributed by atoms with Crippen molar-refractivity contribution in [3.63, 3.8) is 0 Å². The number of aliphatic hydroxyl groups excluding tert-OH is 1. The van der Waals surface area contributed by atoms with Crippen LogP contribution in [0.2, 0.25) is 0 Å². The number of nitro benzene ring substituents is 1. The van der Waals surface area contributed by atoms with Gasteiger partial charge in [0.2, 0.25) is 0 Å². The Hall–Kier alpha value is -2.51. The van der Waals surface area contributed by atoms with Crippen LogP contribution in [0.15, 0.2) is 42.5 Å². The highest BCUT2D eigenvalue weighted by Crippen LogP contribution is 2.27. The summed E-state index contributed by atoms with van der Waals surface area (Å²) in [7, 11) is 0. The summed E-state index contributed by atoms with van der Waals surface area (Å²) in [6.45, 7) is 0.583. The summed E-state index contributed by atoms with van der Waals surface area (Å²) < 4.78 is 5.42. The fourth-order valence-corrected chi connectivity index (χ4v) is 1.90. The van der Waals surface area contributed by atoms with E-state index in [1.54, 1.807) is 30.3 Å². The summed E-state index contributed by atoms with van der Waals surface area (Å²) in [5.74, 6) is 0.588. The molecule has 0 atom stereocenters. The van der Waals surface area contributed by atoms with Gasteiger partial charge in [0.25, 0.3) is 5.69 Å². The van der Waals surface area contributed by atoms with Crippen LogP contribution in [-0.4, -0.2) is 23.2 Å². The number of nitro groups is 1. The minimum atomic E-state index is -0.435. The predicted molar refractivity (Wildman–Crippen MR) is 91.1 cm³/mol. The van der Waals surface area contributed by atoms with Crippen molar-refractivity contribution in [1.82, 2.24) is 0 Å². The lowest BCUT2D eigenvalue weighted by molar-refractivity contribution is -0.384. The van der Waals surface area contributed by atoms with Crippen molar-refractivity contribution in [2.24, 2.45) is 0 Å². The Morgan fingerprint density at radius 3 is 2.52 bits per heavy atom. The molecule has 0 saturated carbocycles. The maximum Gasteiger partial charge on any atom is 0.269 e. The van der Waals surface area contributed by atoms with Gasteiger partial charge in [-0.2, -0.15) is 0 Å². The zero-order valence-electron chi connectivity index (χ0n) is 12.3. The number of benzene rings is 2. The van der Waals surface area contributed by atoms with E-state index in [2.05, 4.69) is 5.32 Å². The lowest BCUT2D eigenvalue weighted by Gasteiger charge is -2.13. The molecule has 0 bridgehead atoms. The number of nitrogens with one attached hydrogen (secondary N) is 1. The van der Waals surface area contributed by atoms with Crippen LogP contribution in [0.4, 0.5) is 17.1 Å². The normalized spacial score (nSPS) is 9.78. The highest BCUT2D eigenvalue weighted by atomic mass is 35.5. The molecule has 0 aliphatic rings. The van der Waals surface area contributed by atoms with Gasteiger partial charge in [0.1, 0.15) is 12.4 Å². The van der Waals surface area contributed by atoms with Gasteiger partial charge in [-0.1, -0.05) is 12.1 Å². The van der Waals surface area contributed by atoms with Crippen LogP contribution in [-0.2, 0) is 6.54 Å². The van der Waals surface area contributed by atoms with E-state index in [9.17, 15) is 10.1 Å². The van der Waals surface area contributed by atoms with Crippen LogP contribution in [0.1, 0.15) is 5.56 Å². The number of ether oxygens (including phenoxy) is 1. The van der Waals surface area contributed by atoms with Crippen LogP contribution in [0.3, 0.4) is 0 Å². The SMILES string of the molecule is Cl.Nc1ccc(OCCO)c(NCc2ccc([N+](=O)[O-])cc2)c1. The Morgan fingerprint density at radius 1 is 1.22 bits per heavy atom. The van der Waals surface area contributed by atoms with Gasteiger partial charge in [-0.05, 0) is 23.8 Å². The molecule has 2 aromatic carbocycles. The average molecular weight is 340 g/mol. The predicted octanol–water partition coefficient (Wildman–Crippen LogP) is 2.58. The first-order valence-corrected chi connectivity index (χ1v) is 6.70. The summed E-state index contributed by atoms with van der Waals surface area (Å²) in [6.07, 6.45) is 0. The molecule has 0 spiro atoms. The van der Waals surface area contributed by atoms with Gasteiger partial charge in [-0.15, -0.1) is 12.4 Å². The Balaban J connectivity index is 0.00000264. The Bertz CT molecular complexity index is 650. The molecule has 0 saturated heterocycles. The zero-order valence-corrected chi connectivity index (χ0v) is 13.1. The van der Waals surface area contributed by atoms with Gasteiger partial charge >= 0.3 is 0 Å². The van der Waals surface area contributed by atoms with Crippen molar-refractivity contribution in [3.05, 3.63) is 58.1 Å². The number of hydrogen-bond acceptors (Lipinski definition) is 6. The van der Waals surface area contributed by atoms with E-state index < -0.39 is 4.92 Å². The first-order chi connectivity index (χ1) is 10.6. The molecule has 0 radical (unpaired) electrons. The molecule has 8 heteroatoms. The number of halogens is 1. The number of aliphatic hydroxyl groups is 1. The standard InChI is InChI=1S/C15H17N3O4.ClH/c16-12-3-6-15(22-8-7-19)14(9-12)17-10-11-1-4-13(5-2-11)18(20)21;/h1-6,9,17,19H,7-8,10,16H2;1H. The fourth-order valence-electron chi connectivity index (χ4n) is 1.90. The first-order valence-electron chi connectivity index (χ1n) is 6.70. The van der Waals surface area contributed by atoms with Crippen molar-refractivity contribution in [2.75, 3.05) is 24.3 Å².